The topological polar surface area (TPSA) is 76.6 Å². The fraction of sp³-hybridized carbons (Fsp3) is 0.391. The fourth-order valence-corrected chi connectivity index (χ4v) is 4.39. The van der Waals surface area contributed by atoms with E-state index in [1.54, 1.807) is 6.08 Å². The van der Waals surface area contributed by atoms with Crippen LogP contribution >= 0.6 is 0 Å². The molecular weight excluding hydrogens is 362 g/mol. The Hall–Kier alpha value is -3.04. The van der Waals surface area contributed by atoms with Gasteiger partial charge >= 0.3 is 0 Å². The third kappa shape index (κ3) is 3.54. The average Bonchev–Trinajstić information content (AvgIpc) is 3.22. The Balaban J connectivity index is 1.37. The van der Waals surface area contributed by atoms with E-state index in [2.05, 4.69) is 29.5 Å². The zero-order valence-electron chi connectivity index (χ0n) is 16.2. The monoisotopic (exact) mass is 385 g/mol. The molecule has 3 aromatic rings. The summed E-state index contributed by atoms with van der Waals surface area (Å²) in [6.45, 7) is 1.64. The molecule has 0 spiro atoms. The quantitative estimate of drug-likeness (QED) is 0.622. The van der Waals surface area contributed by atoms with Gasteiger partial charge in [-0.2, -0.15) is 10.4 Å². The SMILES string of the molecule is N#C/C=C/C1CC(n2cc(-c3cnc4c(C5CCOCC5)cccc4n3)cn2)C1. The highest BCUT2D eigenvalue weighted by Crippen LogP contribution is 2.39. The zero-order chi connectivity index (χ0) is 19.6. The van der Waals surface area contributed by atoms with Crippen molar-refractivity contribution in [3.05, 3.63) is 54.5 Å². The number of ether oxygens (including phenoxy) is 1. The molecule has 2 aromatic heterocycles. The van der Waals surface area contributed by atoms with Crippen LogP contribution in [0.25, 0.3) is 22.3 Å². The van der Waals surface area contributed by atoms with Gasteiger partial charge in [-0.3, -0.25) is 9.67 Å². The molecule has 1 saturated heterocycles. The number of aromatic nitrogens is 4. The largest absolute Gasteiger partial charge is 0.381 e. The minimum atomic E-state index is 0.394. The summed E-state index contributed by atoms with van der Waals surface area (Å²) in [7, 11) is 0. The van der Waals surface area contributed by atoms with Crippen molar-refractivity contribution in [2.45, 2.75) is 37.6 Å². The van der Waals surface area contributed by atoms with Gasteiger partial charge in [0.1, 0.15) is 0 Å². The van der Waals surface area contributed by atoms with E-state index in [9.17, 15) is 0 Å². The predicted molar refractivity (Wildman–Crippen MR) is 110 cm³/mol. The van der Waals surface area contributed by atoms with Gasteiger partial charge < -0.3 is 4.74 Å². The summed E-state index contributed by atoms with van der Waals surface area (Å²) in [5, 5.41) is 13.2. The van der Waals surface area contributed by atoms with Crippen LogP contribution < -0.4 is 0 Å². The first-order chi connectivity index (χ1) is 14.3. The number of nitrogens with zero attached hydrogens (tertiary/aromatic N) is 5. The fourth-order valence-electron chi connectivity index (χ4n) is 4.39. The van der Waals surface area contributed by atoms with Crippen LogP contribution in [0.5, 0.6) is 0 Å². The molecule has 0 bridgehead atoms. The van der Waals surface area contributed by atoms with Crippen molar-refractivity contribution in [1.29, 1.82) is 5.26 Å². The van der Waals surface area contributed by atoms with Crippen LogP contribution in [0.15, 0.2) is 48.9 Å². The molecule has 0 amide bonds. The van der Waals surface area contributed by atoms with Gasteiger partial charge in [-0.1, -0.05) is 18.2 Å². The van der Waals surface area contributed by atoms with E-state index in [-0.39, 0.29) is 0 Å². The summed E-state index contributed by atoms with van der Waals surface area (Å²) >= 11 is 0. The normalized spacial score (nSPS) is 22.6. The number of rotatable bonds is 4. The molecule has 2 fully saturated rings. The van der Waals surface area contributed by atoms with Gasteiger partial charge in [0.2, 0.25) is 0 Å². The second-order valence-electron chi connectivity index (χ2n) is 7.94. The molecule has 1 aliphatic carbocycles. The van der Waals surface area contributed by atoms with E-state index in [4.69, 9.17) is 20.0 Å². The molecule has 0 N–H and O–H groups in total. The molecular formula is C23H23N5O. The molecule has 29 heavy (non-hydrogen) atoms. The highest BCUT2D eigenvalue weighted by Gasteiger charge is 2.29. The first-order valence-corrected chi connectivity index (χ1v) is 10.3. The van der Waals surface area contributed by atoms with Gasteiger partial charge in [0.25, 0.3) is 0 Å². The maximum absolute atomic E-state index is 8.64. The van der Waals surface area contributed by atoms with Gasteiger partial charge in [0, 0.05) is 31.1 Å². The van der Waals surface area contributed by atoms with Gasteiger partial charge in [0.05, 0.1) is 41.2 Å². The highest BCUT2D eigenvalue weighted by molar-refractivity contribution is 5.80. The van der Waals surface area contributed by atoms with Crippen LogP contribution in [0, 0.1) is 17.2 Å². The maximum atomic E-state index is 8.64. The molecule has 3 heterocycles. The lowest BCUT2D eigenvalue weighted by Gasteiger charge is -2.33. The number of allylic oxidation sites excluding steroid dienone is 2. The van der Waals surface area contributed by atoms with Crippen molar-refractivity contribution in [2.24, 2.45) is 5.92 Å². The van der Waals surface area contributed by atoms with E-state index < -0.39 is 0 Å². The molecule has 5 rings (SSSR count). The standard InChI is InChI=1S/C23H23N5O/c24-8-2-3-16-11-19(12-16)28-15-18(13-26-28)22-14-25-23-20(4-1-5-21(23)27-22)17-6-9-29-10-7-17/h1-5,13-17,19H,6-7,9-12H2/b3-2+. The van der Waals surface area contributed by atoms with Gasteiger partial charge in [0.15, 0.2) is 0 Å². The summed E-state index contributed by atoms with van der Waals surface area (Å²) in [6, 6.07) is 8.76. The third-order valence-corrected chi connectivity index (χ3v) is 6.13. The number of nitriles is 1. The molecule has 2 aliphatic rings. The maximum Gasteiger partial charge on any atom is 0.0924 e. The molecule has 0 radical (unpaired) electrons. The number of hydrogen-bond acceptors (Lipinski definition) is 5. The van der Waals surface area contributed by atoms with Crippen LogP contribution in [0.4, 0.5) is 0 Å². The van der Waals surface area contributed by atoms with Crippen LogP contribution in [-0.2, 0) is 4.74 Å². The Morgan fingerprint density at radius 1 is 1.17 bits per heavy atom. The first kappa shape index (κ1) is 18.0. The summed E-state index contributed by atoms with van der Waals surface area (Å²) < 4.78 is 7.53. The second-order valence-corrected chi connectivity index (χ2v) is 7.94. The molecule has 1 aliphatic heterocycles. The van der Waals surface area contributed by atoms with Crippen molar-refractivity contribution in [1.82, 2.24) is 19.7 Å². The zero-order valence-corrected chi connectivity index (χ0v) is 16.2. The van der Waals surface area contributed by atoms with E-state index >= 15 is 0 Å². The summed E-state index contributed by atoms with van der Waals surface area (Å²) in [5.41, 5.74) is 5.07. The minimum absolute atomic E-state index is 0.394. The molecule has 1 aromatic carbocycles. The summed E-state index contributed by atoms with van der Waals surface area (Å²) in [5.74, 6) is 0.980. The Morgan fingerprint density at radius 2 is 2.03 bits per heavy atom. The van der Waals surface area contributed by atoms with Crippen molar-refractivity contribution < 1.29 is 4.74 Å². The number of benzene rings is 1. The highest BCUT2D eigenvalue weighted by atomic mass is 16.5. The molecule has 1 saturated carbocycles. The van der Waals surface area contributed by atoms with E-state index in [1.165, 1.54) is 5.56 Å². The molecule has 146 valence electrons. The van der Waals surface area contributed by atoms with Gasteiger partial charge in [-0.15, -0.1) is 0 Å². The smallest absolute Gasteiger partial charge is 0.0924 e. The third-order valence-electron chi connectivity index (χ3n) is 6.13. The van der Waals surface area contributed by atoms with Crippen molar-refractivity contribution in [2.75, 3.05) is 13.2 Å². The minimum Gasteiger partial charge on any atom is -0.381 e. The summed E-state index contributed by atoms with van der Waals surface area (Å²) in [4.78, 5) is 9.67. The average molecular weight is 385 g/mol. The van der Waals surface area contributed by atoms with Crippen molar-refractivity contribution in [3.8, 4) is 17.3 Å². The number of fused-ring (bicyclic) bond motifs is 1. The van der Waals surface area contributed by atoms with Crippen LogP contribution in [0.3, 0.4) is 0 Å². The van der Waals surface area contributed by atoms with Crippen molar-refractivity contribution in [3.63, 3.8) is 0 Å². The summed E-state index contributed by atoms with van der Waals surface area (Å²) in [6.07, 6.45) is 13.5. The van der Waals surface area contributed by atoms with E-state index in [0.29, 0.717) is 17.9 Å². The Kier molecular flexibility index (Phi) is 4.82. The van der Waals surface area contributed by atoms with Crippen LogP contribution in [-0.4, -0.2) is 33.0 Å². The molecule has 6 nitrogen and oxygen atoms in total. The van der Waals surface area contributed by atoms with Crippen molar-refractivity contribution >= 4 is 11.0 Å². The van der Waals surface area contributed by atoms with Crippen LogP contribution in [0.1, 0.15) is 43.2 Å². The molecule has 6 heteroatoms. The first-order valence-electron chi connectivity index (χ1n) is 10.3. The Bertz CT molecular complexity index is 1080. The van der Waals surface area contributed by atoms with E-state index in [1.807, 2.05) is 29.2 Å². The lowest BCUT2D eigenvalue weighted by atomic mass is 9.80. The Labute approximate surface area is 169 Å². The van der Waals surface area contributed by atoms with Gasteiger partial charge in [-0.05, 0) is 49.1 Å². The molecule has 0 atom stereocenters. The Morgan fingerprint density at radius 3 is 2.86 bits per heavy atom. The number of para-hydroxylation sites is 1. The predicted octanol–water partition coefficient (Wildman–Crippen LogP) is 4.42. The van der Waals surface area contributed by atoms with E-state index in [0.717, 1.165) is 61.2 Å². The number of hydrogen-bond donors (Lipinski definition) is 0. The lowest BCUT2D eigenvalue weighted by molar-refractivity contribution is 0.0856. The molecule has 0 unspecified atom stereocenters. The van der Waals surface area contributed by atoms with Gasteiger partial charge in [-0.25, -0.2) is 4.98 Å². The lowest BCUT2D eigenvalue weighted by Crippen LogP contribution is -2.25. The second kappa shape index (κ2) is 7.76. The van der Waals surface area contributed by atoms with Crippen LogP contribution in [0.2, 0.25) is 0 Å².